The molecular weight excluding hydrogens is 228 g/mol. The fourth-order valence-corrected chi connectivity index (χ4v) is 2.66. The molecule has 1 saturated heterocycles. The number of rotatable bonds is 4. The Labute approximate surface area is 106 Å². The summed E-state index contributed by atoms with van der Waals surface area (Å²) in [5.41, 5.74) is 2.06. The third kappa shape index (κ3) is 2.11. The second kappa shape index (κ2) is 5.04. The molecule has 2 heterocycles. The van der Waals surface area contributed by atoms with Gasteiger partial charge in [-0.15, -0.1) is 5.10 Å². The van der Waals surface area contributed by atoms with E-state index in [-0.39, 0.29) is 0 Å². The number of fused-ring (bicyclic) bond motifs is 1. The highest BCUT2D eigenvalue weighted by molar-refractivity contribution is 5.73. The first kappa shape index (κ1) is 11.6. The standard InChI is InChI=1S/C13H18N4O/c1-18-9-11-5-4-8-16(11)10-17-13-7-3-2-6-12(13)14-15-17/h2-3,6-7,11H,4-5,8-10H2,1H3/t11-/m0/s1. The Hall–Kier alpha value is -1.46. The molecule has 5 heteroatoms. The molecule has 5 nitrogen and oxygen atoms in total. The molecule has 0 spiro atoms. The van der Waals surface area contributed by atoms with Crippen LogP contribution >= 0.6 is 0 Å². The van der Waals surface area contributed by atoms with Crippen molar-refractivity contribution in [2.75, 3.05) is 20.3 Å². The number of benzene rings is 1. The van der Waals surface area contributed by atoms with Crippen molar-refractivity contribution in [3.63, 3.8) is 0 Å². The summed E-state index contributed by atoms with van der Waals surface area (Å²) in [4.78, 5) is 2.42. The maximum Gasteiger partial charge on any atom is 0.113 e. The summed E-state index contributed by atoms with van der Waals surface area (Å²) in [6.07, 6.45) is 2.45. The highest BCUT2D eigenvalue weighted by atomic mass is 16.5. The van der Waals surface area contributed by atoms with Gasteiger partial charge in [0.2, 0.25) is 0 Å². The van der Waals surface area contributed by atoms with Crippen LogP contribution in [0.2, 0.25) is 0 Å². The molecule has 0 radical (unpaired) electrons. The Morgan fingerprint density at radius 2 is 2.28 bits per heavy atom. The third-order valence-corrected chi connectivity index (χ3v) is 3.59. The zero-order valence-electron chi connectivity index (χ0n) is 10.6. The van der Waals surface area contributed by atoms with Gasteiger partial charge in [0.15, 0.2) is 0 Å². The lowest BCUT2D eigenvalue weighted by atomic mass is 10.2. The predicted molar refractivity (Wildman–Crippen MR) is 69.1 cm³/mol. The second-order valence-corrected chi connectivity index (χ2v) is 4.78. The summed E-state index contributed by atoms with van der Waals surface area (Å²) < 4.78 is 7.25. The zero-order chi connectivity index (χ0) is 12.4. The molecule has 1 aromatic heterocycles. The lowest BCUT2D eigenvalue weighted by Crippen LogP contribution is -2.34. The summed E-state index contributed by atoms with van der Waals surface area (Å²) in [6.45, 7) is 2.71. The number of ether oxygens (including phenoxy) is 1. The SMILES string of the molecule is COC[C@@H]1CCCN1Cn1nnc2ccccc21. The Morgan fingerprint density at radius 1 is 1.39 bits per heavy atom. The summed E-state index contributed by atoms with van der Waals surface area (Å²) in [5.74, 6) is 0. The average molecular weight is 246 g/mol. The van der Waals surface area contributed by atoms with E-state index in [1.54, 1.807) is 7.11 Å². The minimum atomic E-state index is 0.512. The van der Waals surface area contributed by atoms with Gasteiger partial charge in [-0.25, -0.2) is 4.68 Å². The largest absolute Gasteiger partial charge is 0.383 e. The van der Waals surface area contributed by atoms with E-state index in [0.717, 1.165) is 30.9 Å². The van der Waals surface area contributed by atoms with Crippen LogP contribution in [0.15, 0.2) is 24.3 Å². The van der Waals surface area contributed by atoms with Crippen LogP contribution in [0.25, 0.3) is 11.0 Å². The van der Waals surface area contributed by atoms with Gasteiger partial charge in [-0.1, -0.05) is 17.3 Å². The van der Waals surface area contributed by atoms with Crippen molar-refractivity contribution in [3.05, 3.63) is 24.3 Å². The number of likely N-dealkylation sites (tertiary alicyclic amines) is 1. The number of para-hydroxylation sites is 1. The van der Waals surface area contributed by atoms with E-state index in [9.17, 15) is 0 Å². The fraction of sp³-hybridized carbons (Fsp3) is 0.538. The predicted octanol–water partition coefficient (Wildman–Crippen LogP) is 1.50. The molecule has 0 N–H and O–H groups in total. The molecule has 1 aliphatic rings. The van der Waals surface area contributed by atoms with Crippen LogP contribution < -0.4 is 0 Å². The van der Waals surface area contributed by atoms with E-state index in [1.165, 1.54) is 12.8 Å². The molecule has 96 valence electrons. The lowest BCUT2D eigenvalue weighted by molar-refractivity contribution is 0.0951. The minimum Gasteiger partial charge on any atom is -0.383 e. The van der Waals surface area contributed by atoms with Gasteiger partial charge in [-0.2, -0.15) is 0 Å². The number of aromatic nitrogens is 3. The van der Waals surface area contributed by atoms with Crippen LogP contribution in [0.4, 0.5) is 0 Å². The van der Waals surface area contributed by atoms with Crippen LogP contribution in [-0.4, -0.2) is 46.2 Å². The van der Waals surface area contributed by atoms with E-state index in [2.05, 4.69) is 21.3 Å². The van der Waals surface area contributed by atoms with Gasteiger partial charge in [-0.05, 0) is 25.0 Å². The second-order valence-electron chi connectivity index (χ2n) is 4.78. The van der Waals surface area contributed by atoms with Crippen LogP contribution in [0.5, 0.6) is 0 Å². The molecule has 1 aromatic carbocycles. The van der Waals surface area contributed by atoms with Crippen molar-refractivity contribution in [2.45, 2.75) is 25.6 Å². The van der Waals surface area contributed by atoms with E-state index in [1.807, 2.05) is 22.9 Å². The van der Waals surface area contributed by atoms with Crippen molar-refractivity contribution in [1.29, 1.82) is 0 Å². The fourth-order valence-electron chi connectivity index (χ4n) is 2.66. The molecule has 0 unspecified atom stereocenters. The number of hydrogen-bond donors (Lipinski definition) is 0. The monoisotopic (exact) mass is 246 g/mol. The number of methoxy groups -OCH3 is 1. The van der Waals surface area contributed by atoms with Crippen molar-refractivity contribution in [3.8, 4) is 0 Å². The molecule has 1 atom stereocenters. The van der Waals surface area contributed by atoms with Gasteiger partial charge in [0.05, 0.1) is 18.8 Å². The molecule has 0 aliphatic carbocycles. The van der Waals surface area contributed by atoms with Crippen molar-refractivity contribution in [2.24, 2.45) is 0 Å². The quantitative estimate of drug-likeness (QED) is 0.820. The van der Waals surface area contributed by atoms with Crippen LogP contribution in [-0.2, 0) is 11.4 Å². The van der Waals surface area contributed by atoms with E-state index >= 15 is 0 Å². The Balaban J connectivity index is 1.79. The van der Waals surface area contributed by atoms with Gasteiger partial charge in [0.1, 0.15) is 5.52 Å². The maximum absolute atomic E-state index is 5.28. The van der Waals surface area contributed by atoms with Crippen molar-refractivity contribution < 1.29 is 4.74 Å². The molecule has 1 fully saturated rings. The molecule has 0 bridgehead atoms. The van der Waals surface area contributed by atoms with Gasteiger partial charge in [0, 0.05) is 19.7 Å². The molecule has 1 aliphatic heterocycles. The Morgan fingerprint density at radius 3 is 3.17 bits per heavy atom. The normalized spacial score (nSPS) is 20.8. The molecule has 3 rings (SSSR count). The first-order chi connectivity index (χ1) is 8.88. The lowest BCUT2D eigenvalue weighted by Gasteiger charge is -2.23. The van der Waals surface area contributed by atoms with Crippen LogP contribution in [0.1, 0.15) is 12.8 Å². The van der Waals surface area contributed by atoms with Gasteiger partial charge in [-0.3, -0.25) is 4.90 Å². The van der Waals surface area contributed by atoms with Crippen LogP contribution in [0.3, 0.4) is 0 Å². The minimum absolute atomic E-state index is 0.512. The van der Waals surface area contributed by atoms with E-state index < -0.39 is 0 Å². The van der Waals surface area contributed by atoms with E-state index in [4.69, 9.17) is 4.74 Å². The third-order valence-electron chi connectivity index (χ3n) is 3.59. The summed E-state index contributed by atoms with van der Waals surface area (Å²) in [5, 5.41) is 8.42. The Bertz CT molecular complexity index is 524. The highest BCUT2D eigenvalue weighted by Gasteiger charge is 2.25. The van der Waals surface area contributed by atoms with Crippen molar-refractivity contribution >= 4 is 11.0 Å². The molecule has 2 aromatic rings. The molecular formula is C13H18N4O. The molecule has 18 heavy (non-hydrogen) atoms. The topological polar surface area (TPSA) is 43.2 Å². The summed E-state index contributed by atoms with van der Waals surface area (Å²) >= 11 is 0. The number of hydrogen-bond acceptors (Lipinski definition) is 4. The summed E-state index contributed by atoms with van der Waals surface area (Å²) in [6, 6.07) is 8.59. The molecule has 0 saturated carbocycles. The van der Waals surface area contributed by atoms with Crippen LogP contribution in [0, 0.1) is 0 Å². The first-order valence-corrected chi connectivity index (χ1v) is 6.39. The molecule has 0 amide bonds. The van der Waals surface area contributed by atoms with Gasteiger partial charge in [0.25, 0.3) is 0 Å². The zero-order valence-corrected chi connectivity index (χ0v) is 10.6. The average Bonchev–Trinajstić information content (AvgIpc) is 2.99. The van der Waals surface area contributed by atoms with E-state index in [0.29, 0.717) is 6.04 Å². The van der Waals surface area contributed by atoms with Crippen molar-refractivity contribution in [1.82, 2.24) is 19.9 Å². The first-order valence-electron chi connectivity index (χ1n) is 6.39. The van der Waals surface area contributed by atoms with Gasteiger partial charge >= 0.3 is 0 Å². The highest BCUT2D eigenvalue weighted by Crippen LogP contribution is 2.19. The smallest absolute Gasteiger partial charge is 0.113 e. The maximum atomic E-state index is 5.28. The number of nitrogens with zero attached hydrogens (tertiary/aromatic N) is 4. The Kier molecular flexibility index (Phi) is 3.25. The summed E-state index contributed by atoms with van der Waals surface area (Å²) in [7, 11) is 1.77. The van der Waals surface area contributed by atoms with Gasteiger partial charge < -0.3 is 4.74 Å².